The zero-order valence-electron chi connectivity index (χ0n) is 7.93. The second-order valence-corrected chi connectivity index (χ2v) is 3.59. The maximum atomic E-state index is 11.1. The Labute approximate surface area is 91.7 Å². The number of hydrogen-bond donors (Lipinski definition) is 2. The molecule has 0 spiro atoms. The number of pyridine rings is 1. The van der Waals surface area contributed by atoms with E-state index in [1.54, 1.807) is 18.3 Å². The molecule has 0 aliphatic carbocycles. The fourth-order valence-electron chi connectivity index (χ4n) is 0.847. The summed E-state index contributed by atoms with van der Waals surface area (Å²) in [6.45, 7) is 0.0249. The van der Waals surface area contributed by atoms with E-state index in [1.807, 2.05) is 6.07 Å². The average molecular weight is 222 g/mol. The van der Waals surface area contributed by atoms with Crippen LogP contribution in [0.25, 0.3) is 0 Å². The fraction of sp³-hybridized carbons (Fsp3) is 0.222. The number of thioether (sulfide) groups is 1. The van der Waals surface area contributed by atoms with Gasteiger partial charge in [-0.15, -0.1) is 0 Å². The maximum absolute atomic E-state index is 11.1. The molecule has 3 N–H and O–H groups in total. The van der Waals surface area contributed by atoms with Crippen LogP contribution in [0.1, 0.15) is 0 Å². The molecule has 78 valence electrons. The predicted molar refractivity (Wildman–Crippen MR) is 58.0 cm³/mol. The van der Waals surface area contributed by atoms with Crippen LogP contribution in [0.2, 0.25) is 0 Å². The highest BCUT2D eigenvalue weighted by molar-refractivity contribution is 8.00. The summed E-state index contributed by atoms with van der Waals surface area (Å²) in [5.74, 6) is 0.00898. The third kappa shape index (κ3) is 3.87. The van der Waals surface area contributed by atoms with Crippen molar-refractivity contribution in [2.45, 2.75) is 5.03 Å². The summed E-state index contributed by atoms with van der Waals surface area (Å²) in [7, 11) is 0. The second-order valence-electron chi connectivity index (χ2n) is 2.62. The van der Waals surface area contributed by atoms with Crippen LogP contribution in [0.15, 0.2) is 23.4 Å². The van der Waals surface area contributed by atoms with Gasteiger partial charge in [-0.3, -0.25) is 4.79 Å². The second kappa shape index (κ2) is 5.88. The predicted octanol–water partition coefficient (Wildman–Crippen LogP) is 0.396. The van der Waals surface area contributed by atoms with Crippen molar-refractivity contribution in [3.63, 3.8) is 0 Å². The van der Waals surface area contributed by atoms with Crippen LogP contribution in [0, 0.1) is 11.3 Å². The Morgan fingerprint density at radius 2 is 2.53 bits per heavy atom. The van der Waals surface area contributed by atoms with Gasteiger partial charge < -0.3 is 11.1 Å². The van der Waals surface area contributed by atoms with E-state index in [2.05, 4.69) is 10.3 Å². The van der Waals surface area contributed by atoms with Gasteiger partial charge in [0.1, 0.15) is 11.6 Å². The van der Waals surface area contributed by atoms with Gasteiger partial charge in [0.15, 0.2) is 0 Å². The van der Waals surface area contributed by atoms with Gasteiger partial charge in [0.05, 0.1) is 17.5 Å². The van der Waals surface area contributed by atoms with Crippen LogP contribution >= 0.6 is 11.8 Å². The zero-order chi connectivity index (χ0) is 11.1. The molecule has 0 radical (unpaired) electrons. The number of amides is 1. The molecule has 6 heteroatoms. The van der Waals surface area contributed by atoms with Crippen molar-refractivity contribution in [3.8, 4) is 6.07 Å². The Kier molecular flexibility index (Phi) is 4.44. The summed E-state index contributed by atoms with van der Waals surface area (Å²) in [6, 6.07) is 5.28. The first-order valence-corrected chi connectivity index (χ1v) is 5.19. The molecule has 0 fully saturated rings. The number of aromatic nitrogens is 1. The van der Waals surface area contributed by atoms with Crippen LogP contribution in [-0.4, -0.2) is 23.2 Å². The number of hydrogen-bond acceptors (Lipinski definition) is 5. The van der Waals surface area contributed by atoms with Crippen LogP contribution in [0.5, 0.6) is 0 Å². The number of nitrogen functional groups attached to an aromatic ring is 1. The van der Waals surface area contributed by atoms with Crippen molar-refractivity contribution in [3.05, 3.63) is 18.3 Å². The van der Waals surface area contributed by atoms with Gasteiger partial charge in [-0.05, 0) is 12.1 Å². The molecule has 0 bridgehead atoms. The van der Waals surface area contributed by atoms with Crippen LogP contribution in [0.4, 0.5) is 5.69 Å². The maximum Gasteiger partial charge on any atom is 0.231 e. The summed E-state index contributed by atoms with van der Waals surface area (Å²) in [5, 5.41) is 11.3. The first kappa shape index (κ1) is 11.3. The number of carbonyl (C=O) groups is 1. The summed E-state index contributed by atoms with van der Waals surface area (Å²) in [6.07, 6.45) is 1.62. The van der Waals surface area contributed by atoms with Crippen molar-refractivity contribution in [2.24, 2.45) is 0 Å². The Hall–Kier alpha value is -1.74. The quantitative estimate of drug-likeness (QED) is 0.568. The number of carbonyl (C=O) groups excluding carboxylic acids is 1. The topological polar surface area (TPSA) is 91.8 Å². The lowest BCUT2D eigenvalue weighted by Gasteiger charge is -2.03. The van der Waals surface area contributed by atoms with Crippen molar-refractivity contribution in [1.29, 1.82) is 5.26 Å². The molecule has 1 aromatic rings. The fourth-order valence-corrected chi connectivity index (χ4v) is 1.59. The molecule has 5 nitrogen and oxygen atoms in total. The third-order valence-electron chi connectivity index (χ3n) is 1.51. The van der Waals surface area contributed by atoms with E-state index < -0.39 is 0 Å². The molecule has 1 aromatic heterocycles. The summed E-state index contributed by atoms with van der Waals surface area (Å²) >= 11 is 1.25. The van der Waals surface area contributed by atoms with E-state index in [-0.39, 0.29) is 18.2 Å². The monoisotopic (exact) mass is 222 g/mol. The smallest absolute Gasteiger partial charge is 0.231 e. The molecule has 0 aliphatic heterocycles. The molecular formula is C9H10N4OS. The lowest BCUT2D eigenvalue weighted by Crippen LogP contribution is -2.25. The van der Waals surface area contributed by atoms with E-state index in [0.717, 1.165) is 0 Å². The van der Waals surface area contributed by atoms with Gasteiger partial charge >= 0.3 is 0 Å². The van der Waals surface area contributed by atoms with Gasteiger partial charge in [-0.2, -0.15) is 5.26 Å². The molecule has 1 heterocycles. The number of nitrogens with zero attached hydrogens (tertiary/aromatic N) is 2. The number of anilines is 1. The normalized spacial score (nSPS) is 9.27. The first-order valence-electron chi connectivity index (χ1n) is 4.21. The van der Waals surface area contributed by atoms with Crippen molar-refractivity contribution in [2.75, 3.05) is 18.0 Å². The minimum Gasteiger partial charge on any atom is -0.397 e. The number of rotatable bonds is 4. The first-order chi connectivity index (χ1) is 7.24. The van der Waals surface area contributed by atoms with Gasteiger partial charge in [-0.25, -0.2) is 4.98 Å². The van der Waals surface area contributed by atoms with E-state index in [1.165, 1.54) is 11.8 Å². The number of nitriles is 1. The molecule has 0 unspecified atom stereocenters. The third-order valence-corrected chi connectivity index (χ3v) is 2.53. The molecule has 0 saturated heterocycles. The van der Waals surface area contributed by atoms with Gasteiger partial charge in [0.25, 0.3) is 0 Å². The lowest BCUT2D eigenvalue weighted by molar-refractivity contribution is -0.118. The van der Waals surface area contributed by atoms with Crippen LogP contribution in [0.3, 0.4) is 0 Å². The van der Waals surface area contributed by atoms with E-state index in [0.29, 0.717) is 10.7 Å². The molecule has 1 rings (SSSR count). The van der Waals surface area contributed by atoms with Gasteiger partial charge in [0.2, 0.25) is 5.91 Å². The largest absolute Gasteiger partial charge is 0.397 e. The van der Waals surface area contributed by atoms with Crippen LogP contribution < -0.4 is 11.1 Å². The van der Waals surface area contributed by atoms with Crippen molar-refractivity contribution >= 4 is 23.4 Å². The highest BCUT2D eigenvalue weighted by atomic mass is 32.2. The SMILES string of the molecule is N#CCNC(=O)CSc1ncccc1N. The van der Waals surface area contributed by atoms with Gasteiger partial charge in [-0.1, -0.05) is 11.8 Å². The Bertz CT molecular complexity index is 388. The number of nitrogens with one attached hydrogen (secondary N) is 1. The molecule has 0 aliphatic rings. The highest BCUT2D eigenvalue weighted by Crippen LogP contribution is 2.20. The molecule has 0 aromatic carbocycles. The molecule has 1 amide bonds. The summed E-state index contributed by atoms with van der Waals surface area (Å²) in [5.41, 5.74) is 6.19. The minimum atomic E-state index is -0.202. The van der Waals surface area contributed by atoms with Gasteiger partial charge in [0, 0.05) is 6.20 Å². The van der Waals surface area contributed by atoms with Crippen molar-refractivity contribution < 1.29 is 4.79 Å². The molecular weight excluding hydrogens is 212 g/mol. The standard InChI is InChI=1S/C9H10N4OS/c10-3-5-12-8(14)6-15-9-7(11)2-1-4-13-9/h1-2,4H,5-6,11H2,(H,12,14). The Balaban J connectivity index is 2.41. The molecule has 15 heavy (non-hydrogen) atoms. The van der Waals surface area contributed by atoms with Crippen LogP contribution in [-0.2, 0) is 4.79 Å². The van der Waals surface area contributed by atoms with E-state index in [4.69, 9.17) is 11.0 Å². The highest BCUT2D eigenvalue weighted by Gasteiger charge is 2.04. The average Bonchev–Trinajstić information content (AvgIpc) is 2.25. The Morgan fingerprint density at radius 3 is 3.20 bits per heavy atom. The minimum absolute atomic E-state index is 0.0249. The Morgan fingerprint density at radius 1 is 1.73 bits per heavy atom. The zero-order valence-corrected chi connectivity index (χ0v) is 8.75. The molecule has 0 saturated carbocycles. The number of nitrogens with two attached hydrogens (primary N) is 1. The summed E-state index contributed by atoms with van der Waals surface area (Å²) in [4.78, 5) is 15.2. The summed E-state index contributed by atoms with van der Waals surface area (Å²) < 4.78 is 0. The molecule has 0 atom stereocenters. The lowest BCUT2D eigenvalue weighted by atomic mass is 10.4. The van der Waals surface area contributed by atoms with E-state index in [9.17, 15) is 4.79 Å². The van der Waals surface area contributed by atoms with Crippen molar-refractivity contribution in [1.82, 2.24) is 10.3 Å². The van der Waals surface area contributed by atoms with E-state index >= 15 is 0 Å².